The molecule has 0 bridgehead atoms. The quantitative estimate of drug-likeness (QED) is 0.492. The van der Waals surface area contributed by atoms with Gasteiger partial charge in [-0.3, -0.25) is 4.79 Å². The summed E-state index contributed by atoms with van der Waals surface area (Å²) in [6, 6.07) is 0. The van der Waals surface area contributed by atoms with Crippen LogP contribution in [-0.2, 0) is 4.79 Å². The van der Waals surface area contributed by atoms with Crippen LogP contribution in [0.5, 0.6) is 0 Å². The summed E-state index contributed by atoms with van der Waals surface area (Å²) >= 11 is 10.1. The second-order valence-corrected chi connectivity index (χ2v) is 1.80. The van der Waals surface area contributed by atoms with Crippen LogP contribution in [0.1, 0.15) is 0 Å². The van der Waals surface area contributed by atoms with E-state index in [0.717, 1.165) is 0 Å². The molecule has 8 heavy (non-hydrogen) atoms. The molecule has 0 rings (SSSR count). The van der Waals surface area contributed by atoms with Crippen LogP contribution in [0.15, 0.2) is 0 Å². The normalized spacial score (nSPS) is 11.8. The molecule has 0 saturated heterocycles. The van der Waals surface area contributed by atoms with Gasteiger partial charge >= 0.3 is 57.4 Å². The van der Waals surface area contributed by atoms with Crippen molar-refractivity contribution >= 4 is 80.6 Å². The van der Waals surface area contributed by atoms with Crippen molar-refractivity contribution < 1.29 is 9.90 Å². The summed E-state index contributed by atoms with van der Waals surface area (Å²) in [5, 5.41) is 7.02. The molecule has 0 aromatic carbocycles. The zero-order chi connectivity index (χ0) is 5.86. The maximum atomic E-state index is 9.71. The van der Waals surface area contributed by atoms with E-state index in [1.165, 1.54) is 0 Å². The average Bonchev–Trinajstić information content (AvgIpc) is 1.65. The van der Waals surface area contributed by atoms with Crippen molar-refractivity contribution in [2.24, 2.45) is 0 Å². The molecule has 0 aromatic heterocycles. The van der Waals surface area contributed by atoms with E-state index in [-0.39, 0.29) is 57.3 Å². The molecule has 0 aliphatic rings. The Balaban J connectivity index is 0. The van der Waals surface area contributed by atoms with Gasteiger partial charge in [-0.25, -0.2) is 0 Å². The molecule has 0 fully saturated rings. The van der Waals surface area contributed by atoms with Gasteiger partial charge in [0, 0.05) is 5.88 Å². The molecule has 2 nitrogen and oxygen atoms in total. The maximum absolute atomic E-state index is 9.71. The summed E-state index contributed by atoms with van der Waals surface area (Å²) in [5.74, 6) is -1.12. The number of rotatable bonds is 2. The van der Waals surface area contributed by atoms with E-state index in [2.05, 4.69) is 0 Å². The van der Waals surface area contributed by atoms with Crippen molar-refractivity contribution in [3.05, 3.63) is 0 Å². The Hall–Kier alpha value is 1.69. The van der Waals surface area contributed by atoms with E-state index >= 15 is 0 Å². The number of carbonyl (C=O) groups is 1. The molecule has 1 atom stereocenters. The minimum absolute atomic E-state index is 0. The molecule has 1 unspecified atom stereocenters. The number of carboxylic acid groups (broad SMARTS) is 1. The van der Waals surface area contributed by atoms with Gasteiger partial charge < -0.3 is 5.11 Å². The number of halogens is 2. The Bertz CT molecular complexity index is 77.7. The van der Waals surface area contributed by atoms with Gasteiger partial charge in [0.2, 0.25) is 0 Å². The number of hydrogen-bond acceptors (Lipinski definition) is 1. The van der Waals surface area contributed by atoms with E-state index in [1.54, 1.807) is 0 Å². The van der Waals surface area contributed by atoms with E-state index in [1.807, 2.05) is 0 Å². The SMILES string of the molecule is O=C(O)C(Cl)CCl.[KH]. The minimum atomic E-state index is -1.07. The molecule has 0 spiro atoms. The Morgan fingerprint density at radius 1 is 1.75 bits per heavy atom. The van der Waals surface area contributed by atoms with E-state index in [4.69, 9.17) is 28.3 Å². The van der Waals surface area contributed by atoms with Gasteiger partial charge in [-0.15, -0.1) is 23.2 Å². The van der Waals surface area contributed by atoms with Crippen LogP contribution in [0.2, 0.25) is 0 Å². The second kappa shape index (κ2) is 6.80. The Labute approximate surface area is 100.0 Å². The molecule has 0 amide bonds. The fourth-order valence-electron chi connectivity index (χ4n) is 0.0660. The average molecular weight is 183 g/mol. The third-order valence-corrected chi connectivity index (χ3v) is 1.21. The zero-order valence-electron chi connectivity index (χ0n) is 3.40. The van der Waals surface area contributed by atoms with Crippen LogP contribution in [0, 0.1) is 0 Å². The summed E-state index contributed by atoms with van der Waals surface area (Å²) < 4.78 is 0. The topological polar surface area (TPSA) is 37.3 Å². The molecule has 0 aliphatic carbocycles. The molecule has 0 heterocycles. The summed E-state index contributed by atoms with van der Waals surface area (Å²) in [4.78, 5) is 9.71. The Morgan fingerprint density at radius 3 is 2.12 bits per heavy atom. The van der Waals surface area contributed by atoms with Gasteiger partial charge in [0.25, 0.3) is 0 Å². The first-order chi connectivity index (χ1) is 3.18. The second-order valence-electron chi connectivity index (χ2n) is 0.960. The van der Waals surface area contributed by atoms with Gasteiger partial charge in [-0.05, 0) is 0 Å². The summed E-state index contributed by atoms with van der Waals surface area (Å²) in [6.45, 7) is 0. The van der Waals surface area contributed by atoms with Crippen molar-refractivity contribution in [2.75, 3.05) is 5.88 Å². The van der Waals surface area contributed by atoms with Gasteiger partial charge in [-0.1, -0.05) is 0 Å². The first-order valence-electron chi connectivity index (χ1n) is 1.61. The predicted octanol–water partition coefficient (Wildman–Crippen LogP) is 0.269. The molecule has 44 valence electrons. The van der Waals surface area contributed by atoms with Gasteiger partial charge in [-0.2, -0.15) is 0 Å². The van der Waals surface area contributed by atoms with Crippen LogP contribution in [0.4, 0.5) is 0 Å². The van der Waals surface area contributed by atoms with Crippen molar-refractivity contribution in [3.8, 4) is 0 Å². The first kappa shape index (κ1) is 12.4. The Morgan fingerprint density at radius 2 is 2.12 bits per heavy atom. The molecular weight excluding hydrogens is 178 g/mol. The monoisotopic (exact) mass is 182 g/mol. The first-order valence-corrected chi connectivity index (χ1v) is 2.58. The van der Waals surface area contributed by atoms with E-state index in [9.17, 15) is 4.79 Å². The fourth-order valence-corrected chi connectivity index (χ4v) is 0.198. The number of carboxylic acids is 1. The van der Waals surface area contributed by atoms with Crippen LogP contribution < -0.4 is 0 Å². The van der Waals surface area contributed by atoms with E-state index in [0.29, 0.717) is 0 Å². The molecular formula is C3H5Cl2KO2. The summed E-state index contributed by atoms with van der Waals surface area (Å²) in [6.07, 6.45) is 0. The Kier molecular flexibility index (Phi) is 10.5. The predicted molar refractivity (Wildman–Crippen MR) is 35.1 cm³/mol. The molecule has 0 radical (unpaired) electrons. The van der Waals surface area contributed by atoms with Crippen molar-refractivity contribution in [2.45, 2.75) is 5.38 Å². The standard InChI is InChI=1S/C3H4Cl2O2.K.H/c4-1-2(5)3(6)7;;/h2H,1H2,(H,6,7);;. The van der Waals surface area contributed by atoms with Crippen LogP contribution in [-0.4, -0.2) is 73.7 Å². The van der Waals surface area contributed by atoms with E-state index < -0.39 is 11.3 Å². The fraction of sp³-hybridized carbons (Fsp3) is 0.667. The van der Waals surface area contributed by atoms with Crippen molar-refractivity contribution in [1.82, 2.24) is 0 Å². The molecule has 0 saturated carbocycles. The van der Waals surface area contributed by atoms with Gasteiger partial charge in [0.15, 0.2) is 0 Å². The number of aliphatic carboxylic acids is 1. The van der Waals surface area contributed by atoms with Crippen LogP contribution in [0.3, 0.4) is 0 Å². The van der Waals surface area contributed by atoms with Gasteiger partial charge in [0.05, 0.1) is 0 Å². The third kappa shape index (κ3) is 5.82. The van der Waals surface area contributed by atoms with Crippen molar-refractivity contribution in [1.29, 1.82) is 0 Å². The number of hydrogen-bond donors (Lipinski definition) is 1. The van der Waals surface area contributed by atoms with Crippen molar-refractivity contribution in [3.63, 3.8) is 0 Å². The van der Waals surface area contributed by atoms with Gasteiger partial charge in [0.1, 0.15) is 5.38 Å². The molecule has 0 aliphatic heterocycles. The molecule has 0 aromatic rings. The molecule has 5 heteroatoms. The summed E-state index contributed by atoms with van der Waals surface area (Å²) in [7, 11) is 0. The third-order valence-electron chi connectivity index (χ3n) is 0.403. The zero-order valence-corrected chi connectivity index (χ0v) is 4.91. The summed E-state index contributed by atoms with van der Waals surface area (Å²) in [5.41, 5.74) is 0. The number of alkyl halides is 2. The van der Waals surface area contributed by atoms with Crippen LogP contribution >= 0.6 is 23.2 Å². The molecule has 1 N–H and O–H groups in total. The van der Waals surface area contributed by atoms with Crippen LogP contribution in [0.25, 0.3) is 0 Å².